The summed E-state index contributed by atoms with van der Waals surface area (Å²) in [6.45, 7) is 0.443. The molecule has 1 aliphatic carbocycles. The molecule has 21 heavy (non-hydrogen) atoms. The van der Waals surface area contributed by atoms with Crippen LogP contribution in [-0.2, 0) is 4.79 Å². The molecule has 116 valence electrons. The van der Waals surface area contributed by atoms with Gasteiger partial charge in [0.05, 0.1) is 18.7 Å². The molecule has 1 aliphatic rings. The lowest BCUT2D eigenvalue weighted by molar-refractivity contribution is -0.123. The quantitative estimate of drug-likeness (QED) is 0.697. The maximum Gasteiger partial charge on any atom is 0.223 e. The molecule has 2 atom stereocenters. The van der Waals surface area contributed by atoms with E-state index in [-0.39, 0.29) is 24.5 Å². The number of rotatable bonds is 6. The van der Waals surface area contributed by atoms with E-state index in [4.69, 9.17) is 10.5 Å². The molecule has 1 amide bonds. The molecule has 1 fully saturated rings. The first-order valence-electron chi connectivity index (χ1n) is 7.58. The van der Waals surface area contributed by atoms with E-state index in [1.165, 1.54) is 0 Å². The molecule has 0 aromatic heterocycles. The molecule has 5 heteroatoms. The molecule has 1 aromatic carbocycles. The normalized spacial score (nSPS) is 21.8. The number of amides is 1. The van der Waals surface area contributed by atoms with Crippen LogP contribution >= 0.6 is 0 Å². The highest BCUT2D eigenvalue weighted by molar-refractivity contribution is 5.76. The number of nitrogens with two attached hydrogens (primary N) is 1. The Morgan fingerprint density at radius 3 is 2.86 bits per heavy atom. The lowest BCUT2D eigenvalue weighted by atomic mass is 9.85. The number of anilines is 1. The summed E-state index contributed by atoms with van der Waals surface area (Å²) < 4.78 is 5.51. The Balaban J connectivity index is 1.73. The molecule has 1 saturated carbocycles. The molecular weight excluding hydrogens is 268 g/mol. The largest absolute Gasteiger partial charge is 0.491 e. The van der Waals surface area contributed by atoms with Gasteiger partial charge in [-0.15, -0.1) is 0 Å². The number of ether oxygens (including phenoxy) is 1. The van der Waals surface area contributed by atoms with E-state index in [1.54, 1.807) is 12.1 Å². The average molecular weight is 292 g/mol. The average Bonchev–Trinajstić information content (AvgIpc) is 2.50. The standard InChI is InChI=1S/C16H24N2O3/c17-13-6-2-4-8-15(13)21-10-9-16(20)18-14-7-3-1-5-12(14)11-19/h2,4,6,8,12,14,19H,1,3,5,7,9-11,17H2,(H,18,20). The van der Waals surface area contributed by atoms with Crippen LogP contribution in [0.4, 0.5) is 5.69 Å². The van der Waals surface area contributed by atoms with Crippen molar-refractivity contribution in [1.29, 1.82) is 0 Å². The zero-order chi connectivity index (χ0) is 15.1. The summed E-state index contributed by atoms with van der Waals surface area (Å²) in [5.41, 5.74) is 6.34. The predicted molar refractivity (Wildman–Crippen MR) is 81.9 cm³/mol. The fourth-order valence-corrected chi connectivity index (χ4v) is 2.76. The molecule has 0 aliphatic heterocycles. The van der Waals surface area contributed by atoms with Crippen molar-refractivity contribution in [2.75, 3.05) is 18.9 Å². The predicted octanol–water partition coefficient (Wildman–Crippen LogP) is 1.70. The first-order valence-corrected chi connectivity index (χ1v) is 7.58. The van der Waals surface area contributed by atoms with Crippen LogP contribution in [0.15, 0.2) is 24.3 Å². The number of nitrogens with one attached hydrogen (secondary N) is 1. The minimum atomic E-state index is -0.0325. The summed E-state index contributed by atoms with van der Waals surface area (Å²) in [6, 6.07) is 7.34. The molecule has 2 rings (SSSR count). The van der Waals surface area contributed by atoms with Gasteiger partial charge in [-0.05, 0) is 25.0 Å². The van der Waals surface area contributed by atoms with Gasteiger partial charge in [-0.25, -0.2) is 0 Å². The molecule has 0 bridgehead atoms. The summed E-state index contributed by atoms with van der Waals surface area (Å²) in [5.74, 6) is 0.763. The third-order valence-corrected chi connectivity index (χ3v) is 4.00. The number of hydrogen-bond acceptors (Lipinski definition) is 4. The molecule has 1 aromatic rings. The van der Waals surface area contributed by atoms with Crippen molar-refractivity contribution in [3.8, 4) is 5.75 Å². The Labute approximate surface area is 125 Å². The zero-order valence-electron chi connectivity index (χ0n) is 12.3. The van der Waals surface area contributed by atoms with Crippen molar-refractivity contribution >= 4 is 11.6 Å². The monoisotopic (exact) mass is 292 g/mol. The molecule has 0 spiro atoms. The van der Waals surface area contributed by atoms with Crippen LogP contribution < -0.4 is 15.8 Å². The number of nitrogen functional groups attached to an aromatic ring is 1. The number of para-hydroxylation sites is 2. The molecule has 4 N–H and O–H groups in total. The van der Waals surface area contributed by atoms with E-state index >= 15 is 0 Å². The third kappa shape index (κ3) is 4.63. The fourth-order valence-electron chi connectivity index (χ4n) is 2.76. The number of benzene rings is 1. The van der Waals surface area contributed by atoms with Gasteiger partial charge in [-0.3, -0.25) is 4.79 Å². The third-order valence-electron chi connectivity index (χ3n) is 4.00. The summed E-state index contributed by atoms with van der Waals surface area (Å²) >= 11 is 0. The van der Waals surface area contributed by atoms with Crippen molar-refractivity contribution in [1.82, 2.24) is 5.32 Å². The van der Waals surface area contributed by atoms with Gasteiger partial charge in [0.2, 0.25) is 5.91 Å². The number of carbonyl (C=O) groups is 1. The van der Waals surface area contributed by atoms with E-state index in [2.05, 4.69) is 5.32 Å². The van der Waals surface area contributed by atoms with E-state index in [1.807, 2.05) is 12.1 Å². The lowest BCUT2D eigenvalue weighted by Crippen LogP contribution is -2.43. The molecule has 0 saturated heterocycles. The Kier molecular flexibility index (Phi) is 5.87. The molecule has 0 radical (unpaired) electrons. The van der Waals surface area contributed by atoms with Crippen molar-refractivity contribution < 1.29 is 14.6 Å². The van der Waals surface area contributed by atoms with Gasteiger partial charge < -0.3 is 20.9 Å². The minimum absolute atomic E-state index is 0.0325. The zero-order valence-corrected chi connectivity index (χ0v) is 12.3. The maximum atomic E-state index is 11.9. The van der Waals surface area contributed by atoms with E-state index < -0.39 is 0 Å². The molecule has 2 unspecified atom stereocenters. The molecular formula is C16H24N2O3. The summed E-state index contributed by atoms with van der Waals surface area (Å²) in [6.07, 6.45) is 4.47. The SMILES string of the molecule is Nc1ccccc1OCCC(=O)NC1CCCCC1CO. The second-order valence-electron chi connectivity index (χ2n) is 5.54. The van der Waals surface area contributed by atoms with Gasteiger partial charge >= 0.3 is 0 Å². The van der Waals surface area contributed by atoms with Crippen molar-refractivity contribution in [3.63, 3.8) is 0 Å². The van der Waals surface area contributed by atoms with Crippen molar-refractivity contribution in [2.45, 2.75) is 38.1 Å². The Bertz CT molecular complexity index is 465. The van der Waals surface area contributed by atoms with Crippen LogP contribution in [0, 0.1) is 5.92 Å². The van der Waals surface area contributed by atoms with Crippen LogP contribution in [0.2, 0.25) is 0 Å². The number of hydrogen-bond donors (Lipinski definition) is 3. The van der Waals surface area contributed by atoms with Crippen LogP contribution in [0.3, 0.4) is 0 Å². The van der Waals surface area contributed by atoms with Crippen LogP contribution in [-0.4, -0.2) is 30.3 Å². The Morgan fingerprint density at radius 1 is 1.33 bits per heavy atom. The Morgan fingerprint density at radius 2 is 2.10 bits per heavy atom. The molecule has 5 nitrogen and oxygen atoms in total. The van der Waals surface area contributed by atoms with E-state index in [0.717, 1.165) is 25.7 Å². The van der Waals surface area contributed by atoms with Crippen LogP contribution in [0.5, 0.6) is 5.75 Å². The highest BCUT2D eigenvalue weighted by Crippen LogP contribution is 2.24. The van der Waals surface area contributed by atoms with Gasteiger partial charge in [-0.1, -0.05) is 25.0 Å². The lowest BCUT2D eigenvalue weighted by Gasteiger charge is -2.30. The molecule has 0 heterocycles. The highest BCUT2D eigenvalue weighted by atomic mass is 16.5. The maximum absolute atomic E-state index is 11.9. The van der Waals surface area contributed by atoms with Crippen molar-refractivity contribution in [2.24, 2.45) is 5.92 Å². The summed E-state index contributed by atoms with van der Waals surface area (Å²) in [5, 5.41) is 12.4. The van der Waals surface area contributed by atoms with Gasteiger partial charge in [0, 0.05) is 18.6 Å². The minimum Gasteiger partial charge on any atom is -0.491 e. The van der Waals surface area contributed by atoms with E-state index in [9.17, 15) is 9.90 Å². The van der Waals surface area contributed by atoms with Gasteiger partial charge in [0.25, 0.3) is 0 Å². The topological polar surface area (TPSA) is 84.6 Å². The van der Waals surface area contributed by atoms with Crippen molar-refractivity contribution in [3.05, 3.63) is 24.3 Å². The smallest absolute Gasteiger partial charge is 0.223 e. The highest BCUT2D eigenvalue weighted by Gasteiger charge is 2.25. The van der Waals surface area contributed by atoms with E-state index in [0.29, 0.717) is 24.5 Å². The first-order chi connectivity index (χ1) is 10.2. The first kappa shape index (κ1) is 15.6. The van der Waals surface area contributed by atoms with Gasteiger partial charge in [-0.2, -0.15) is 0 Å². The van der Waals surface area contributed by atoms with Gasteiger partial charge in [0.1, 0.15) is 5.75 Å². The second-order valence-corrected chi connectivity index (χ2v) is 5.54. The number of aliphatic hydroxyl groups is 1. The Hall–Kier alpha value is -1.75. The fraction of sp³-hybridized carbons (Fsp3) is 0.562. The van der Waals surface area contributed by atoms with Crippen LogP contribution in [0.25, 0.3) is 0 Å². The number of aliphatic hydroxyl groups excluding tert-OH is 1. The summed E-state index contributed by atoms with van der Waals surface area (Å²) in [4.78, 5) is 11.9. The van der Waals surface area contributed by atoms with Gasteiger partial charge in [0.15, 0.2) is 0 Å². The number of carbonyl (C=O) groups excluding carboxylic acids is 1. The second kappa shape index (κ2) is 7.88. The van der Waals surface area contributed by atoms with Crippen LogP contribution in [0.1, 0.15) is 32.1 Å². The summed E-state index contributed by atoms with van der Waals surface area (Å²) in [7, 11) is 0.